The van der Waals surface area contributed by atoms with Crippen LogP contribution in [0.15, 0.2) is 30.3 Å². The van der Waals surface area contributed by atoms with Crippen LogP contribution in [-0.4, -0.2) is 53.8 Å². The van der Waals surface area contributed by atoms with Gasteiger partial charge in [-0.3, -0.25) is 4.79 Å². The van der Waals surface area contributed by atoms with Crippen LogP contribution in [0, 0.1) is 13.8 Å². The fraction of sp³-hybridized carbons (Fsp3) is 0.444. The Kier molecular flexibility index (Phi) is 5.43. The highest BCUT2D eigenvalue weighted by Gasteiger charge is 2.24. The minimum atomic E-state index is -3.28. The van der Waals surface area contributed by atoms with Crippen LogP contribution in [0.25, 0.3) is 5.69 Å². The summed E-state index contributed by atoms with van der Waals surface area (Å²) < 4.78 is 27.6. The highest BCUT2D eigenvalue weighted by molar-refractivity contribution is 7.89. The van der Waals surface area contributed by atoms with Crippen molar-refractivity contribution < 1.29 is 13.2 Å². The number of benzene rings is 1. The van der Waals surface area contributed by atoms with E-state index in [1.165, 1.54) is 4.31 Å². The SMILES string of the molecule is Cc1cc(C)n(-c2ccc(C(=O)NCCS(=O)(=O)N3CCCC3)cc2)n1. The smallest absolute Gasteiger partial charge is 0.251 e. The summed E-state index contributed by atoms with van der Waals surface area (Å²) in [4.78, 5) is 12.2. The first kappa shape index (κ1) is 18.6. The number of sulfonamides is 1. The molecule has 1 aliphatic heterocycles. The number of hydrogen-bond donors (Lipinski definition) is 1. The quantitative estimate of drug-likeness (QED) is 0.831. The summed E-state index contributed by atoms with van der Waals surface area (Å²) in [6.45, 7) is 5.19. The molecule has 0 radical (unpaired) electrons. The third-order valence-electron chi connectivity index (χ3n) is 4.49. The Morgan fingerprint density at radius 1 is 1.15 bits per heavy atom. The molecule has 1 amide bonds. The minimum absolute atomic E-state index is 0.0669. The molecule has 1 aromatic heterocycles. The Bertz CT molecular complexity index is 882. The molecule has 0 aliphatic carbocycles. The van der Waals surface area contributed by atoms with Crippen LogP contribution in [0.1, 0.15) is 34.6 Å². The summed E-state index contributed by atoms with van der Waals surface area (Å²) >= 11 is 0. The van der Waals surface area contributed by atoms with E-state index in [1.807, 2.05) is 36.7 Å². The van der Waals surface area contributed by atoms with Crippen molar-refractivity contribution in [1.29, 1.82) is 0 Å². The number of nitrogens with one attached hydrogen (secondary N) is 1. The summed E-state index contributed by atoms with van der Waals surface area (Å²) in [5.41, 5.74) is 3.33. The zero-order valence-electron chi connectivity index (χ0n) is 15.1. The topological polar surface area (TPSA) is 84.3 Å². The van der Waals surface area contributed by atoms with Crippen LogP contribution in [0.2, 0.25) is 0 Å². The van der Waals surface area contributed by atoms with Crippen molar-refractivity contribution in [2.75, 3.05) is 25.4 Å². The molecule has 1 saturated heterocycles. The van der Waals surface area contributed by atoms with Crippen molar-refractivity contribution in [2.24, 2.45) is 0 Å². The molecule has 1 fully saturated rings. The van der Waals surface area contributed by atoms with Gasteiger partial charge in [0.1, 0.15) is 0 Å². The van der Waals surface area contributed by atoms with E-state index in [1.54, 1.807) is 12.1 Å². The lowest BCUT2D eigenvalue weighted by atomic mass is 10.2. The third kappa shape index (κ3) is 4.13. The average Bonchev–Trinajstić information content (AvgIpc) is 3.25. The van der Waals surface area contributed by atoms with Crippen LogP contribution in [0.4, 0.5) is 0 Å². The van der Waals surface area contributed by atoms with E-state index in [-0.39, 0.29) is 18.2 Å². The summed E-state index contributed by atoms with van der Waals surface area (Å²) in [5.74, 6) is -0.343. The Hall–Kier alpha value is -2.19. The fourth-order valence-electron chi connectivity index (χ4n) is 3.14. The molecule has 140 valence electrons. The van der Waals surface area contributed by atoms with Gasteiger partial charge in [0.15, 0.2) is 0 Å². The molecule has 0 spiro atoms. The molecule has 2 heterocycles. The second-order valence-corrected chi connectivity index (χ2v) is 8.65. The summed E-state index contributed by atoms with van der Waals surface area (Å²) in [7, 11) is -3.28. The molecular formula is C18H24N4O3S. The predicted molar refractivity (Wildman–Crippen MR) is 100.0 cm³/mol. The number of aryl methyl sites for hydroxylation is 2. The largest absolute Gasteiger partial charge is 0.351 e. The molecule has 3 rings (SSSR count). The second-order valence-electron chi connectivity index (χ2n) is 6.56. The van der Waals surface area contributed by atoms with Crippen molar-refractivity contribution in [2.45, 2.75) is 26.7 Å². The number of amides is 1. The molecule has 0 bridgehead atoms. The Morgan fingerprint density at radius 3 is 2.38 bits per heavy atom. The molecule has 1 aromatic carbocycles. The van der Waals surface area contributed by atoms with Crippen LogP contribution >= 0.6 is 0 Å². The van der Waals surface area contributed by atoms with E-state index in [2.05, 4.69) is 10.4 Å². The van der Waals surface area contributed by atoms with Gasteiger partial charge >= 0.3 is 0 Å². The van der Waals surface area contributed by atoms with E-state index >= 15 is 0 Å². The molecule has 0 saturated carbocycles. The van der Waals surface area contributed by atoms with Gasteiger partial charge in [0, 0.05) is 30.9 Å². The van der Waals surface area contributed by atoms with Gasteiger partial charge in [-0.05, 0) is 57.0 Å². The maximum Gasteiger partial charge on any atom is 0.251 e. The van der Waals surface area contributed by atoms with E-state index < -0.39 is 10.0 Å². The van der Waals surface area contributed by atoms with Gasteiger partial charge < -0.3 is 5.32 Å². The number of carbonyl (C=O) groups is 1. The maximum atomic E-state index is 12.2. The van der Waals surface area contributed by atoms with Gasteiger partial charge in [-0.25, -0.2) is 17.4 Å². The fourth-order valence-corrected chi connectivity index (χ4v) is 4.57. The monoisotopic (exact) mass is 376 g/mol. The van der Waals surface area contributed by atoms with Gasteiger partial charge in [-0.1, -0.05) is 0 Å². The van der Waals surface area contributed by atoms with Crippen LogP contribution in [0.3, 0.4) is 0 Å². The van der Waals surface area contributed by atoms with Crippen molar-refractivity contribution >= 4 is 15.9 Å². The lowest BCUT2D eigenvalue weighted by Gasteiger charge is -2.15. The van der Waals surface area contributed by atoms with Crippen LogP contribution in [0.5, 0.6) is 0 Å². The Morgan fingerprint density at radius 2 is 1.81 bits per heavy atom. The average molecular weight is 376 g/mol. The summed E-state index contributed by atoms with van der Waals surface area (Å²) in [5, 5.41) is 7.10. The Balaban J connectivity index is 1.57. The van der Waals surface area contributed by atoms with Crippen molar-refractivity contribution in [3.8, 4) is 5.69 Å². The standard InChI is InChI=1S/C18H24N4O3S/c1-14-13-15(2)22(20-14)17-7-5-16(6-8-17)18(23)19-9-12-26(24,25)21-10-3-4-11-21/h5-8,13H,3-4,9-12H2,1-2H3,(H,19,23). The first-order valence-electron chi connectivity index (χ1n) is 8.76. The minimum Gasteiger partial charge on any atom is -0.351 e. The molecular weight excluding hydrogens is 352 g/mol. The molecule has 7 nitrogen and oxygen atoms in total. The highest BCUT2D eigenvalue weighted by Crippen LogP contribution is 2.14. The molecule has 1 aliphatic rings. The van der Waals surface area contributed by atoms with Gasteiger partial charge in [0.25, 0.3) is 5.91 Å². The van der Waals surface area contributed by atoms with Crippen molar-refractivity contribution in [3.05, 3.63) is 47.3 Å². The maximum absolute atomic E-state index is 12.2. The summed E-state index contributed by atoms with van der Waals surface area (Å²) in [6, 6.07) is 9.08. The lowest BCUT2D eigenvalue weighted by molar-refractivity contribution is 0.0956. The number of carbonyl (C=O) groups excluding carboxylic acids is 1. The van der Waals surface area contributed by atoms with Gasteiger partial charge in [-0.2, -0.15) is 5.10 Å². The number of hydrogen-bond acceptors (Lipinski definition) is 4. The van der Waals surface area contributed by atoms with Gasteiger partial charge in [0.05, 0.1) is 17.1 Å². The molecule has 0 unspecified atom stereocenters. The lowest BCUT2D eigenvalue weighted by Crippen LogP contribution is -2.36. The van der Waals surface area contributed by atoms with Crippen molar-refractivity contribution in [1.82, 2.24) is 19.4 Å². The van der Waals surface area contributed by atoms with E-state index in [9.17, 15) is 13.2 Å². The molecule has 1 N–H and O–H groups in total. The summed E-state index contributed by atoms with van der Waals surface area (Å²) in [6.07, 6.45) is 1.82. The normalized spacial score (nSPS) is 15.3. The third-order valence-corrected chi connectivity index (χ3v) is 6.36. The molecule has 26 heavy (non-hydrogen) atoms. The van der Waals surface area contributed by atoms with Crippen molar-refractivity contribution in [3.63, 3.8) is 0 Å². The van der Waals surface area contributed by atoms with Crippen LogP contribution in [-0.2, 0) is 10.0 Å². The number of nitrogens with zero attached hydrogens (tertiary/aromatic N) is 3. The zero-order valence-corrected chi connectivity index (χ0v) is 15.9. The van der Waals surface area contributed by atoms with E-state index in [4.69, 9.17) is 0 Å². The molecule has 8 heteroatoms. The zero-order chi connectivity index (χ0) is 18.7. The molecule has 0 atom stereocenters. The first-order chi connectivity index (χ1) is 12.4. The van der Waals surface area contributed by atoms with Gasteiger partial charge in [-0.15, -0.1) is 0 Å². The predicted octanol–water partition coefficient (Wildman–Crippen LogP) is 1.64. The number of rotatable bonds is 6. The Labute approximate surface area is 154 Å². The second kappa shape index (κ2) is 7.59. The van der Waals surface area contributed by atoms with E-state index in [0.717, 1.165) is 29.9 Å². The molecule has 2 aromatic rings. The highest BCUT2D eigenvalue weighted by atomic mass is 32.2. The van der Waals surface area contributed by atoms with Gasteiger partial charge in [0.2, 0.25) is 10.0 Å². The van der Waals surface area contributed by atoms with E-state index in [0.29, 0.717) is 18.7 Å². The first-order valence-corrected chi connectivity index (χ1v) is 10.4. The van der Waals surface area contributed by atoms with Crippen LogP contribution < -0.4 is 5.32 Å². The number of aromatic nitrogens is 2.